The molecule has 0 saturated carbocycles. The van der Waals surface area contributed by atoms with Crippen LogP contribution in [0.4, 0.5) is 13.2 Å². The summed E-state index contributed by atoms with van der Waals surface area (Å²) in [5.41, 5.74) is 0.166. The second-order valence-electron chi connectivity index (χ2n) is 4.44. The smallest absolute Gasteiger partial charge is 0.309 e. The first-order valence-electron chi connectivity index (χ1n) is 6.39. The number of nitrogens with one attached hydrogen (secondary N) is 1. The van der Waals surface area contributed by atoms with E-state index in [1.54, 1.807) is 0 Å². The van der Waals surface area contributed by atoms with Gasteiger partial charge in [0.15, 0.2) is 5.69 Å². The first-order valence-corrected chi connectivity index (χ1v) is 6.39. The first-order chi connectivity index (χ1) is 9.50. The van der Waals surface area contributed by atoms with Gasteiger partial charge in [-0.15, -0.1) is 0 Å². The van der Waals surface area contributed by atoms with Crippen molar-refractivity contribution in [1.82, 2.24) is 15.1 Å². The van der Waals surface area contributed by atoms with E-state index in [1.165, 1.54) is 10.9 Å². The van der Waals surface area contributed by atoms with Gasteiger partial charge in [0, 0.05) is 6.20 Å². The van der Waals surface area contributed by atoms with Crippen LogP contribution in [0.3, 0.4) is 0 Å². The second kappa shape index (κ2) is 6.09. The fraction of sp³-hybridized carbons (Fsp3) is 0.357. The van der Waals surface area contributed by atoms with Crippen molar-refractivity contribution < 1.29 is 13.2 Å². The van der Waals surface area contributed by atoms with Crippen LogP contribution in [0.2, 0.25) is 0 Å². The summed E-state index contributed by atoms with van der Waals surface area (Å²) >= 11 is 0. The van der Waals surface area contributed by atoms with E-state index in [1.807, 2.05) is 37.3 Å². The summed E-state index contributed by atoms with van der Waals surface area (Å²) < 4.78 is 38.9. The fourth-order valence-corrected chi connectivity index (χ4v) is 2.02. The van der Waals surface area contributed by atoms with Crippen molar-refractivity contribution in [2.75, 3.05) is 6.54 Å². The lowest BCUT2D eigenvalue weighted by atomic mass is 10.1. The van der Waals surface area contributed by atoms with E-state index in [9.17, 15) is 13.2 Å². The summed E-state index contributed by atoms with van der Waals surface area (Å²) in [5, 5.41) is 6.83. The maximum atomic E-state index is 12.5. The predicted octanol–water partition coefficient (Wildman–Crippen LogP) is 3.25. The van der Waals surface area contributed by atoms with Crippen LogP contribution in [0.25, 0.3) is 0 Å². The molecule has 0 radical (unpaired) electrons. The number of halogens is 3. The molecular weight excluding hydrogens is 267 g/mol. The molecule has 1 unspecified atom stereocenters. The number of alkyl halides is 3. The van der Waals surface area contributed by atoms with Crippen LogP contribution in [0, 0.1) is 0 Å². The second-order valence-corrected chi connectivity index (χ2v) is 4.44. The molecule has 0 spiro atoms. The van der Waals surface area contributed by atoms with Crippen LogP contribution in [0.5, 0.6) is 0 Å². The van der Waals surface area contributed by atoms with Gasteiger partial charge in [-0.2, -0.15) is 18.3 Å². The van der Waals surface area contributed by atoms with Crippen LogP contribution in [0.1, 0.15) is 24.2 Å². The van der Waals surface area contributed by atoms with Gasteiger partial charge < -0.3 is 5.32 Å². The third-order valence-corrected chi connectivity index (χ3v) is 2.95. The molecule has 0 bridgehead atoms. The Kier molecular flexibility index (Phi) is 4.44. The molecule has 6 heteroatoms. The Balaban J connectivity index is 2.15. The van der Waals surface area contributed by atoms with Crippen molar-refractivity contribution in [3.63, 3.8) is 0 Å². The molecule has 0 fully saturated rings. The van der Waals surface area contributed by atoms with Gasteiger partial charge in [0.2, 0.25) is 0 Å². The van der Waals surface area contributed by atoms with Gasteiger partial charge in [-0.1, -0.05) is 37.3 Å². The Morgan fingerprint density at radius 2 is 1.90 bits per heavy atom. The number of nitrogens with zero attached hydrogens (tertiary/aromatic N) is 2. The summed E-state index contributed by atoms with van der Waals surface area (Å²) in [6, 6.07) is 10.5. The number of hydrogen-bond donors (Lipinski definition) is 1. The molecule has 0 aliphatic rings. The van der Waals surface area contributed by atoms with Crippen LogP contribution < -0.4 is 5.32 Å². The van der Waals surface area contributed by atoms with E-state index in [0.29, 0.717) is 6.54 Å². The van der Waals surface area contributed by atoms with Gasteiger partial charge >= 0.3 is 6.18 Å². The molecule has 1 N–H and O–H groups in total. The van der Waals surface area contributed by atoms with Crippen LogP contribution in [-0.2, 0) is 12.7 Å². The molecule has 2 aromatic rings. The highest BCUT2D eigenvalue weighted by molar-refractivity contribution is 5.19. The minimum absolute atomic E-state index is 0.0674. The average molecular weight is 283 g/mol. The Hall–Kier alpha value is -1.82. The Bertz CT molecular complexity index is 534. The van der Waals surface area contributed by atoms with Gasteiger partial charge in [0.05, 0.1) is 12.6 Å². The van der Waals surface area contributed by atoms with Crippen molar-refractivity contribution in [2.24, 2.45) is 0 Å². The van der Waals surface area contributed by atoms with E-state index in [4.69, 9.17) is 0 Å². The van der Waals surface area contributed by atoms with Gasteiger partial charge in [-0.3, -0.25) is 4.68 Å². The normalized spacial score (nSPS) is 13.4. The predicted molar refractivity (Wildman–Crippen MR) is 70.1 cm³/mol. The summed E-state index contributed by atoms with van der Waals surface area (Å²) in [4.78, 5) is 0. The molecule has 1 aromatic heterocycles. The van der Waals surface area contributed by atoms with Gasteiger partial charge in [-0.25, -0.2) is 0 Å². The SMILES string of the molecule is CCNC(Cn1ccc(C(F)(F)F)n1)c1ccccc1. The lowest BCUT2D eigenvalue weighted by Crippen LogP contribution is -2.25. The number of hydrogen-bond acceptors (Lipinski definition) is 2. The van der Waals surface area contributed by atoms with E-state index < -0.39 is 11.9 Å². The lowest BCUT2D eigenvalue weighted by molar-refractivity contribution is -0.141. The molecule has 2 rings (SSSR count). The fourth-order valence-electron chi connectivity index (χ4n) is 2.02. The maximum Gasteiger partial charge on any atom is 0.435 e. The third kappa shape index (κ3) is 3.60. The summed E-state index contributed by atoms with van der Waals surface area (Å²) in [7, 11) is 0. The summed E-state index contributed by atoms with van der Waals surface area (Å²) in [6.45, 7) is 3.04. The zero-order chi connectivity index (χ0) is 14.6. The highest BCUT2D eigenvalue weighted by atomic mass is 19.4. The quantitative estimate of drug-likeness (QED) is 0.913. The van der Waals surface area contributed by atoms with Gasteiger partial charge in [0.1, 0.15) is 0 Å². The molecule has 3 nitrogen and oxygen atoms in total. The van der Waals surface area contributed by atoms with E-state index in [0.717, 1.165) is 18.2 Å². The van der Waals surface area contributed by atoms with Crippen molar-refractivity contribution in [1.29, 1.82) is 0 Å². The van der Waals surface area contributed by atoms with Gasteiger partial charge in [-0.05, 0) is 18.2 Å². The van der Waals surface area contributed by atoms with Crippen molar-refractivity contribution in [3.05, 3.63) is 53.9 Å². The zero-order valence-electron chi connectivity index (χ0n) is 11.1. The van der Waals surface area contributed by atoms with Crippen molar-refractivity contribution in [3.8, 4) is 0 Å². The van der Waals surface area contributed by atoms with Crippen LogP contribution in [-0.4, -0.2) is 16.3 Å². The maximum absolute atomic E-state index is 12.5. The average Bonchev–Trinajstić information content (AvgIpc) is 2.88. The molecule has 1 atom stereocenters. The monoisotopic (exact) mass is 283 g/mol. The lowest BCUT2D eigenvalue weighted by Gasteiger charge is -2.18. The van der Waals surface area contributed by atoms with Crippen molar-refractivity contribution >= 4 is 0 Å². The number of benzene rings is 1. The molecule has 0 aliphatic heterocycles. The molecular formula is C14H16F3N3. The minimum atomic E-state index is -4.40. The van der Waals surface area contributed by atoms with Crippen LogP contribution in [0.15, 0.2) is 42.6 Å². The van der Waals surface area contributed by atoms with E-state index in [-0.39, 0.29) is 6.04 Å². The third-order valence-electron chi connectivity index (χ3n) is 2.95. The first kappa shape index (κ1) is 14.6. The molecule has 1 heterocycles. The largest absolute Gasteiger partial charge is 0.435 e. The molecule has 1 aromatic carbocycles. The topological polar surface area (TPSA) is 29.9 Å². The van der Waals surface area contributed by atoms with E-state index in [2.05, 4.69) is 10.4 Å². The zero-order valence-corrected chi connectivity index (χ0v) is 11.1. The molecule has 20 heavy (non-hydrogen) atoms. The molecule has 108 valence electrons. The van der Waals surface area contributed by atoms with Gasteiger partial charge in [0.25, 0.3) is 0 Å². The van der Waals surface area contributed by atoms with Crippen molar-refractivity contribution in [2.45, 2.75) is 25.7 Å². The Morgan fingerprint density at radius 3 is 2.45 bits per heavy atom. The number of rotatable bonds is 5. The minimum Gasteiger partial charge on any atom is -0.309 e. The Morgan fingerprint density at radius 1 is 1.20 bits per heavy atom. The van der Waals surface area contributed by atoms with E-state index >= 15 is 0 Å². The summed E-state index contributed by atoms with van der Waals surface area (Å²) in [5.74, 6) is 0. The standard InChI is InChI=1S/C14H16F3N3/c1-2-18-12(11-6-4-3-5-7-11)10-20-9-8-13(19-20)14(15,16)17/h3-9,12,18H,2,10H2,1H3. The Labute approximate surface area is 115 Å². The summed E-state index contributed by atoms with van der Waals surface area (Å²) in [6.07, 6.45) is -3.04. The number of aromatic nitrogens is 2. The highest BCUT2D eigenvalue weighted by Crippen LogP contribution is 2.27. The molecule has 0 saturated heterocycles. The van der Waals surface area contributed by atoms with Crippen LogP contribution >= 0.6 is 0 Å². The molecule has 0 amide bonds. The molecule has 0 aliphatic carbocycles. The highest BCUT2D eigenvalue weighted by Gasteiger charge is 2.33. The number of likely N-dealkylation sites (N-methyl/N-ethyl adjacent to an activating group) is 1.